The molecule has 0 aliphatic heterocycles. The normalized spacial score (nSPS) is 14.7. The van der Waals surface area contributed by atoms with E-state index in [1.165, 1.54) is 6.33 Å². The molecule has 0 radical (unpaired) electrons. The number of nitrogens with one attached hydrogen (secondary N) is 2. The van der Waals surface area contributed by atoms with Gasteiger partial charge in [-0.2, -0.15) is 0 Å². The summed E-state index contributed by atoms with van der Waals surface area (Å²) in [6, 6.07) is 7.81. The lowest BCUT2D eigenvalue weighted by Gasteiger charge is -2.14. The zero-order valence-electron chi connectivity index (χ0n) is 12.3. The lowest BCUT2D eigenvalue weighted by atomic mass is 10.2. The highest BCUT2D eigenvalue weighted by atomic mass is 127. The molecule has 1 aliphatic carbocycles. The quantitative estimate of drug-likeness (QED) is 0.426. The average Bonchev–Trinajstić information content (AvgIpc) is 3.02. The van der Waals surface area contributed by atoms with Crippen molar-refractivity contribution in [3.8, 4) is 0 Å². The Bertz CT molecular complexity index is 702. The Morgan fingerprint density at radius 3 is 2.43 bits per heavy atom. The summed E-state index contributed by atoms with van der Waals surface area (Å²) >= 11 is 2.21. The van der Waals surface area contributed by atoms with E-state index in [0.717, 1.165) is 34.9 Å². The first-order valence-corrected chi connectivity index (χ1v) is 8.50. The van der Waals surface area contributed by atoms with E-state index in [-0.39, 0.29) is 23.4 Å². The maximum absolute atomic E-state index is 11.5. The van der Waals surface area contributed by atoms with Gasteiger partial charge in [0, 0.05) is 15.3 Å². The zero-order chi connectivity index (χ0) is 16.2. The number of nitro groups is 1. The Kier molecular flexibility index (Phi) is 4.89. The van der Waals surface area contributed by atoms with Crippen LogP contribution in [-0.2, 0) is 0 Å². The van der Waals surface area contributed by atoms with Crippen molar-refractivity contribution in [1.29, 1.82) is 0 Å². The van der Waals surface area contributed by atoms with Gasteiger partial charge in [0.1, 0.15) is 6.33 Å². The standard InChI is InChI=1S/C15H16IN5O2/c16-10-5-7-12(8-6-10)20-15-13(21(22)23)14(17-9-18-15)19-11-3-1-2-4-11/h5-9,11H,1-4H2,(H2,17,18,19,20). The van der Waals surface area contributed by atoms with Crippen LogP contribution in [0.3, 0.4) is 0 Å². The van der Waals surface area contributed by atoms with E-state index in [2.05, 4.69) is 43.2 Å². The van der Waals surface area contributed by atoms with E-state index in [4.69, 9.17) is 0 Å². The van der Waals surface area contributed by atoms with Crippen LogP contribution in [-0.4, -0.2) is 20.9 Å². The Morgan fingerprint density at radius 1 is 1.13 bits per heavy atom. The third-order valence-electron chi connectivity index (χ3n) is 3.81. The second kappa shape index (κ2) is 7.07. The molecule has 2 aromatic rings. The third-order valence-corrected chi connectivity index (χ3v) is 4.53. The van der Waals surface area contributed by atoms with Gasteiger partial charge >= 0.3 is 5.69 Å². The van der Waals surface area contributed by atoms with Gasteiger partial charge in [0.15, 0.2) is 0 Å². The topological polar surface area (TPSA) is 93.0 Å². The van der Waals surface area contributed by atoms with Crippen LogP contribution >= 0.6 is 22.6 Å². The Hall–Kier alpha value is -1.97. The van der Waals surface area contributed by atoms with Gasteiger partial charge in [0.2, 0.25) is 11.6 Å². The van der Waals surface area contributed by atoms with E-state index in [1.54, 1.807) is 0 Å². The molecule has 0 atom stereocenters. The fraction of sp³-hybridized carbons (Fsp3) is 0.333. The minimum Gasteiger partial charge on any atom is -0.361 e. The summed E-state index contributed by atoms with van der Waals surface area (Å²) in [5, 5.41) is 17.7. The average molecular weight is 425 g/mol. The minimum atomic E-state index is -0.438. The second-order valence-electron chi connectivity index (χ2n) is 5.43. The molecule has 1 aromatic carbocycles. The predicted molar refractivity (Wildman–Crippen MR) is 97.0 cm³/mol. The molecule has 0 unspecified atom stereocenters. The lowest BCUT2D eigenvalue weighted by Crippen LogP contribution is -2.17. The van der Waals surface area contributed by atoms with Gasteiger partial charge in [-0.25, -0.2) is 9.97 Å². The molecule has 120 valence electrons. The van der Waals surface area contributed by atoms with Crippen molar-refractivity contribution in [2.24, 2.45) is 0 Å². The minimum absolute atomic E-state index is 0.113. The highest BCUT2D eigenvalue weighted by molar-refractivity contribution is 14.1. The summed E-state index contributed by atoms with van der Waals surface area (Å²) in [6.07, 6.45) is 5.66. The Balaban J connectivity index is 1.89. The van der Waals surface area contributed by atoms with Crippen LogP contribution in [0.5, 0.6) is 0 Å². The molecule has 23 heavy (non-hydrogen) atoms. The van der Waals surface area contributed by atoms with Crippen LogP contribution in [0.25, 0.3) is 0 Å². The van der Waals surface area contributed by atoms with Crippen molar-refractivity contribution in [3.63, 3.8) is 0 Å². The van der Waals surface area contributed by atoms with Gasteiger partial charge in [-0.15, -0.1) is 0 Å². The van der Waals surface area contributed by atoms with Crippen LogP contribution in [0.2, 0.25) is 0 Å². The maximum atomic E-state index is 11.5. The molecular weight excluding hydrogens is 409 g/mol. The highest BCUT2D eigenvalue weighted by Crippen LogP contribution is 2.33. The van der Waals surface area contributed by atoms with Crippen molar-refractivity contribution in [2.45, 2.75) is 31.7 Å². The maximum Gasteiger partial charge on any atom is 0.353 e. The molecule has 0 amide bonds. The van der Waals surface area contributed by atoms with Crippen molar-refractivity contribution >= 4 is 45.6 Å². The van der Waals surface area contributed by atoms with Crippen molar-refractivity contribution < 1.29 is 4.92 Å². The Labute approximate surface area is 147 Å². The van der Waals surface area contributed by atoms with Gasteiger partial charge < -0.3 is 10.6 Å². The first-order chi connectivity index (χ1) is 11.1. The van der Waals surface area contributed by atoms with Crippen molar-refractivity contribution in [1.82, 2.24) is 9.97 Å². The fourth-order valence-corrected chi connectivity index (χ4v) is 3.04. The number of aromatic nitrogens is 2. The van der Waals surface area contributed by atoms with E-state index >= 15 is 0 Å². The predicted octanol–water partition coefficient (Wildman–Crippen LogP) is 4.09. The van der Waals surface area contributed by atoms with E-state index in [1.807, 2.05) is 24.3 Å². The van der Waals surface area contributed by atoms with Crippen LogP contribution in [0, 0.1) is 13.7 Å². The van der Waals surface area contributed by atoms with E-state index < -0.39 is 4.92 Å². The number of hydrogen-bond donors (Lipinski definition) is 2. The van der Waals surface area contributed by atoms with Crippen LogP contribution in [0.1, 0.15) is 25.7 Å². The van der Waals surface area contributed by atoms with Crippen LogP contribution < -0.4 is 10.6 Å². The van der Waals surface area contributed by atoms with Gasteiger partial charge in [-0.05, 0) is 59.7 Å². The third kappa shape index (κ3) is 3.87. The highest BCUT2D eigenvalue weighted by Gasteiger charge is 2.26. The smallest absolute Gasteiger partial charge is 0.353 e. The molecule has 0 spiro atoms. The first kappa shape index (κ1) is 15.9. The van der Waals surface area contributed by atoms with E-state index in [9.17, 15) is 10.1 Å². The van der Waals surface area contributed by atoms with Gasteiger partial charge in [-0.1, -0.05) is 12.8 Å². The summed E-state index contributed by atoms with van der Waals surface area (Å²) in [4.78, 5) is 19.2. The Morgan fingerprint density at radius 2 is 1.78 bits per heavy atom. The summed E-state index contributed by atoms with van der Waals surface area (Å²) < 4.78 is 1.09. The number of nitrogens with zero attached hydrogens (tertiary/aromatic N) is 3. The molecule has 3 rings (SSSR count). The van der Waals surface area contributed by atoms with Gasteiger partial charge in [0.05, 0.1) is 4.92 Å². The fourth-order valence-electron chi connectivity index (χ4n) is 2.68. The molecule has 1 aliphatic rings. The number of hydrogen-bond acceptors (Lipinski definition) is 6. The second-order valence-corrected chi connectivity index (χ2v) is 6.68. The molecule has 1 saturated carbocycles. The van der Waals surface area contributed by atoms with E-state index in [0.29, 0.717) is 0 Å². The van der Waals surface area contributed by atoms with Crippen molar-refractivity contribution in [3.05, 3.63) is 44.3 Å². The monoisotopic (exact) mass is 425 g/mol. The molecule has 1 aromatic heterocycles. The summed E-state index contributed by atoms with van der Waals surface area (Å²) in [7, 11) is 0. The number of anilines is 3. The molecule has 1 heterocycles. The molecule has 2 N–H and O–H groups in total. The molecule has 0 saturated heterocycles. The summed E-state index contributed by atoms with van der Waals surface area (Å²) in [6.45, 7) is 0. The molecule has 0 bridgehead atoms. The number of rotatable bonds is 5. The largest absolute Gasteiger partial charge is 0.361 e. The number of benzene rings is 1. The number of halogens is 1. The van der Waals surface area contributed by atoms with Crippen molar-refractivity contribution in [2.75, 3.05) is 10.6 Å². The summed E-state index contributed by atoms with van der Waals surface area (Å²) in [5.41, 5.74) is 0.636. The zero-order valence-corrected chi connectivity index (χ0v) is 14.5. The SMILES string of the molecule is O=[N+]([O-])c1c(Nc2ccc(I)cc2)ncnc1NC1CCCC1. The molecule has 7 nitrogen and oxygen atoms in total. The molecule has 8 heteroatoms. The van der Waals surface area contributed by atoms with Gasteiger partial charge in [0.25, 0.3) is 0 Å². The molecule has 1 fully saturated rings. The summed E-state index contributed by atoms with van der Waals surface area (Å²) in [5.74, 6) is 0.483. The first-order valence-electron chi connectivity index (χ1n) is 7.42. The lowest BCUT2D eigenvalue weighted by molar-refractivity contribution is -0.383. The van der Waals surface area contributed by atoms with Crippen LogP contribution in [0.15, 0.2) is 30.6 Å². The molecular formula is C15H16IN5O2. The van der Waals surface area contributed by atoms with Gasteiger partial charge in [-0.3, -0.25) is 10.1 Å². The van der Waals surface area contributed by atoms with Crippen LogP contribution in [0.4, 0.5) is 23.0 Å².